The number of rotatable bonds is 2. The van der Waals surface area contributed by atoms with E-state index in [1.807, 2.05) is 12.1 Å². The van der Waals surface area contributed by atoms with Gasteiger partial charge in [-0.2, -0.15) is 0 Å². The molecule has 1 aromatic rings. The monoisotopic (exact) mass is 270 g/mol. The van der Waals surface area contributed by atoms with Gasteiger partial charge in [0.05, 0.1) is 17.5 Å². The lowest BCUT2D eigenvalue weighted by Gasteiger charge is -2.20. The van der Waals surface area contributed by atoms with Crippen LogP contribution in [0.3, 0.4) is 0 Å². The van der Waals surface area contributed by atoms with E-state index >= 15 is 0 Å². The summed E-state index contributed by atoms with van der Waals surface area (Å²) in [6.07, 6.45) is 1.41. The molecule has 3 nitrogen and oxygen atoms in total. The zero-order valence-electron chi connectivity index (χ0n) is 8.74. The van der Waals surface area contributed by atoms with Crippen molar-refractivity contribution in [3.8, 4) is 0 Å². The second-order valence-corrected chi connectivity index (χ2v) is 4.71. The number of halogens is 1. The van der Waals surface area contributed by atoms with Crippen LogP contribution < -0.4 is 10.6 Å². The first-order valence-electron chi connectivity index (χ1n) is 5.03. The van der Waals surface area contributed by atoms with Gasteiger partial charge in [-0.05, 0) is 24.6 Å². The van der Waals surface area contributed by atoms with Crippen molar-refractivity contribution in [1.29, 1.82) is 0 Å². The van der Waals surface area contributed by atoms with Gasteiger partial charge < -0.3 is 15.4 Å². The predicted octanol–water partition coefficient (Wildman–Crippen LogP) is 2.26. The zero-order valence-corrected chi connectivity index (χ0v) is 10.3. The van der Waals surface area contributed by atoms with Crippen LogP contribution in [0.1, 0.15) is 6.42 Å². The number of hydrogen-bond donors (Lipinski definition) is 1. The Morgan fingerprint density at radius 3 is 3.00 bits per heavy atom. The van der Waals surface area contributed by atoms with Crippen LogP contribution in [0.25, 0.3) is 0 Å². The van der Waals surface area contributed by atoms with Crippen molar-refractivity contribution in [1.82, 2.24) is 0 Å². The molecular weight excluding hydrogens is 256 g/mol. The van der Waals surface area contributed by atoms with Gasteiger partial charge in [0.1, 0.15) is 0 Å². The molecule has 0 spiro atoms. The van der Waals surface area contributed by atoms with E-state index in [0.29, 0.717) is 6.10 Å². The first-order valence-corrected chi connectivity index (χ1v) is 5.83. The molecule has 0 aliphatic carbocycles. The minimum Gasteiger partial charge on any atom is -0.397 e. The summed E-state index contributed by atoms with van der Waals surface area (Å²) in [4.78, 5) is 2.27. The molecule has 0 saturated carbocycles. The first kappa shape index (κ1) is 10.8. The largest absolute Gasteiger partial charge is 0.397 e. The Kier molecular flexibility index (Phi) is 3.17. The van der Waals surface area contributed by atoms with E-state index in [4.69, 9.17) is 10.5 Å². The van der Waals surface area contributed by atoms with Gasteiger partial charge in [0.15, 0.2) is 0 Å². The van der Waals surface area contributed by atoms with Crippen LogP contribution in [0.2, 0.25) is 0 Å². The van der Waals surface area contributed by atoms with Crippen LogP contribution in [0.5, 0.6) is 0 Å². The smallest absolute Gasteiger partial charge is 0.0762 e. The summed E-state index contributed by atoms with van der Waals surface area (Å²) in [5.74, 6) is 0. The van der Waals surface area contributed by atoms with E-state index in [1.165, 1.54) is 0 Å². The van der Waals surface area contributed by atoms with Gasteiger partial charge in [-0.1, -0.05) is 15.9 Å². The average Bonchev–Trinajstić information content (AvgIpc) is 2.70. The fraction of sp³-hybridized carbons (Fsp3) is 0.455. The lowest BCUT2D eigenvalue weighted by molar-refractivity contribution is 0.121. The number of nitrogen functional groups attached to an aromatic ring is 1. The third-order valence-corrected chi connectivity index (χ3v) is 3.30. The highest BCUT2D eigenvalue weighted by atomic mass is 79.9. The van der Waals surface area contributed by atoms with Gasteiger partial charge in [0.2, 0.25) is 0 Å². The standard InChI is InChI=1S/C11H15BrN2O/c1-15-9-4-5-14(7-9)11-6-8(12)2-3-10(11)13/h2-3,6,9H,4-5,7,13H2,1H3. The van der Waals surface area contributed by atoms with Gasteiger partial charge >= 0.3 is 0 Å². The SMILES string of the molecule is COC1CCN(c2cc(Br)ccc2N)C1. The summed E-state index contributed by atoms with van der Waals surface area (Å²) in [5, 5.41) is 0. The molecule has 2 N–H and O–H groups in total. The summed E-state index contributed by atoms with van der Waals surface area (Å²) in [7, 11) is 1.76. The van der Waals surface area contributed by atoms with E-state index in [9.17, 15) is 0 Å². The quantitative estimate of drug-likeness (QED) is 0.838. The molecule has 1 aromatic carbocycles. The summed E-state index contributed by atoms with van der Waals surface area (Å²) in [6.45, 7) is 1.94. The number of anilines is 2. The highest BCUT2D eigenvalue weighted by Crippen LogP contribution is 2.30. The second kappa shape index (κ2) is 4.41. The van der Waals surface area contributed by atoms with Crippen LogP contribution in [-0.2, 0) is 4.74 Å². The Hall–Kier alpha value is -0.740. The van der Waals surface area contributed by atoms with Crippen LogP contribution in [0.15, 0.2) is 22.7 Å². The summed E-state index contributed by atoms with van der Waals surface area (Å²) < 4.78 is 6.40. The molecule has 1 aliphatic heterocycles. The minimum absolute atomic E-state index is 0.336. The van der Waals surface area contributed by atoms with Crippen molar-refractivity contribution in [2.75, 3.05) is 30.8 Å². The maximum Gasteiger partial charge on any atom is 0.0762 e. The second-order valence-electron chi connectivity index (χ2n) is 3.80. The Balaban J connectivity index is 2.19. The zero-order chi connectivity index (χ0) is 10.8. The number of methoxy groups -OCH3 is 1. The molecule has 0 bridgehead atoms. The molecule has 1 atom stereocenters. The van der Waals surface area contributed by atoms with Crippen LogP contribution in [0, 0.1) is 0 Å². The Morgan fingerprint density at radius 2 is 2.33 bits per heavy atom. The summed E-state index contributed by atoms with van der Waals surface area (Å²) >= 11 is 3.46. The average molecular weight is 271 g/mol. The molecule has 15 heavy (non-hydrogen) atoms. The molecular formula is C11H15BrN2O. The van der Waals surface area contributed by atoms with Crippen molar-refractivity contribution in [2.24, 2.45) is 0 Å². The van der Waals surface area contributed by atoms with E-state index in [1.54, 1.807) is 7.11 Å². The molecule has 0 aromatic heterocycles. The molecule has 4 heteroatoms. The van der Waals surface area contributed by atoms with Gasteiger partial charge in [0, 0.05) is 24.7 Å². The van der Waals surface area contributed by atoms with E-state index in [2.05, 4.69) is 26.9 Å². The lowest BCUT2D eigenvalue weighted by atomic mass is 10.2. The summed E-state index contributed by atoms with van der Waals surface area (Å²) in [6, 6.07) is 5.95. The van der Waals surface area contributed by atoms with Gasteiger partial charge in [-0.25, -0.2) is 0 Å². The number of hydrogen-bond acceptors (Lipinski definition) is 3. The predicted molar refractivity (Wildman–Crippen MR) is 66.2 cm³/mol. The molecule has 0 amide bonds. The fourth-order valence-electron chi connectivity index (χ4n) is 1.93. The van der Waals surface area contributed by atoms with E-state index in [-0.39, 0.29) is 0 Å². The van der Waals surface area contributed by atoms with Crippen molar-refractivity contribution >= 4 is 27.3 Å². The molecule has 1 unspecified atom stereocenters. The van der Waals surface area contributed by atoms with Crippen molar-refractivity contribution < 1.29 is 4.74 Å². The van der Waals surface area contributed by atoms with Crippen molar-refractivity contribution in [3.63, 3.8) is 0 Å². The molecule has 2 rings (SSSR count). The first-order chi connectivity index (χ1) is 7.20. The molecule has 1 fully saturated rings. The van der Waals surface area contributed by atoms with Crippen molar-refractivity contribution in [2.45, 2.75) is 12.5 Å². The number of benzene rings is 1. The molecule has 1 aliphatic rings. The molecule has 0 radical (unpaired) electrons. The summed E-state index contributed by atoms with van der Waals surface area (Å²) in [5.41, 5.74) is 7.88. The van der Waals surface area contributed by atoms with Crippen LogP contribution >= 0.6 is 15.9 Å². The number of ether oxygens (including phenoxy) is 1. The third-order valence-electron chi connectivity index (χ3n) is 2.81. The topological polar surface area (TPSA) is 38.5 Å². The maximum absolute atomic E-state index is 5.95. The Bertz CT molecular complexity index is 356. The van der Waals surface area contributed by atoms with E-state index in [0.717, 1.165) is 35.4 Å². The van der Waals surface area contributed by atoms with Gasteiger partial charge in [-0.15, -0.1) is 0 Å². The fourth-order valence-corrected chi connectivity index (χ4v) is 2.28. The maximum atomic E-state index is 5.95. The third kappa shape index (κ3) is 2.26. The number of nitrogens with two attached hydrogens (primary N) is 1. The number of nitrogens with zero attached hydrogens (tertiary/aromatic N) is 1. The van der Waals surface area contributed by atoms with Gasteiger partial charge in [-0.3, -0.25) is 0 Å². The van der Waals surface area contributed by atoms with Gasteiger partial charge in [0.25, 0.3) is 0 Å². The normalized spacial score (nSPS) is 20.9. The highest BCUT2D eigenvalue weighted by Gasteiger charge is 2.23. The molecule has 1 saturated heterocycles. The minimum atomic E-state index is 0.336. The Morgan fingerprint density at radius 1 is 1.53 bits per heavy atom. The lowest BCUT2D eigenvalue weighted by Crippen LogP contribution is -2.23. The van der Waals surface area contributed by atoms with Crippen molar-refractivity contribution in [3.05, 3.63) is 22.7 Å². The molecule has 82 valence electrons. The highest BCUT2D eigenvalue weighted by molar-refractivity contribution is 9.10. The van der Waals surface area contributed by atoms with E-state index < -0.39 is 0 Å². The molecule has 1 heterocycles. The Labute approximate surface area is 98.3 Å². The van der Waals surface area contributed by atoms with Crippen LogP contribution in [0.4, 0.5) is 11.4 Å². The van der Waals surface area contributed by atoms with Crippen LogP contribution in [-0.4, -0.2) is 26.3 Å².